The zero-order chi connectivity index (χ0) is 12.1. The van der Waals surface area contributed by atoms with Crippen molar-refractivity contribution in [1.29, 1.82) is 0 Å². The van der Waals surface area contributed by atoms with Gasteiger partial charge in [-0.05, 0) is 25.1 Å². The number of carbonyl (C=O) groups is 1. The second kappa shape index (κ2) is 5.63. The van der Waals surface area contributed by atoms with Crippen LogP contribution in [-0.4, -0.2) is 35.7 Å². The summed E-state index contributed by atoms with van der Waals surface area (Å²) in [5.41, 5.74) is 6.39. The standard InChI is InChI=1S/C12H17N3O2/c13-5-4-10-7-15(12(16)17-9-10)8-11-3-1-2-6-14-11/h1-3,6,10H,4-5,7-9,13H2. The monoisotopic (exact) mass is 235 g/mol. The summed E-state index contributed by atoms with van der Waals surface area (Å²) in [6, 6.07) is 5.67. The quantitative estimate of drug-likeness (QED) is 0.845. The number of carbonyl (C=O) groups excluding carboxylic acids is 1. The van der Waals surface area contributed by atoms with Crippen LogP contribution in [0.1, 0.15) is 12.1 Å². The molecule has 1 aliphatic heterocycles. The largest absolute Gasteiger partial charge is 0.449 e. The Morgan fingerprint density at radius 2 is 2.41 bits per heavy atom. The molecule has 0 radical (unpaired) electrons. The van der Waals surface area contributed by atoms with Crippen LogP contribution in [0.3, 0.4) is 0 Å². The van der Waals surface area contributed by atoms with E-state index in [4.69, 9.17) is 10.5 Å². The predicted molar refractivity (Wildman–Crippen MR) is 63.2 cm³/mol. The summed E-state index contributed by atoms with van der Waals surface area (Å²) < 4.78 is 5.13. The first-order valence-corrected chi connectivity index (χ1v) is 5.81. The lowest BCUT2D eigenvalue weighted by Gasteiger charge is -2.31. The number of nitrogens with two attached hydrogens (primary N) is 1. The van der Waals surface area contributed by atoms with Crippen molar-refractivity contribution in [3.05, 3.63) is 30.1 Å². The van der Waals surface area contributed by atoms with E-state index in [1.54, 1.807) is 11.1 Å². The molecule has 0 spiro atoms. The van der Waals surface area contributed by atoms with Gasteiger partial charge in [-0.25, -0.2) is 4.79 Å². The number of amides is 1. The lowest BCUT2D eigenvalue weighted by atomic mass is 10.1. The van der Waals surface area contributed by atoms with E-state index in [1.165, 1.54) is 0 Å². The molecule has 0 aliphatic carbocycles. The first-order valence-electron chi connectivity index (χ1n) is 5.81. The van der Waals surface area contributed by atoms with Gasteiger partial charge in [-0.2, -0.15) is 0 Å². The summed E-state index contributed by atoms with van der Waals surface area (Å²) in [7, 11) is 0. The van der Waals surface area contributed by atoms with E-state index in [2.05, 4.69) is 4.98 Å². The first kappa shape index (κ1) is 11.9. The average molecular weight is 235 g/mol. The molecular weight excluding hydrogens is 218 g/mol. The van der Waals surface area contributed by atoms with E-state index in [-0.39, 0.29) is 6.09 Å². The number of nitrogens with zero attached hydrogens (tertiary/aromatic N) is 2. The lowest BCUT2D eigenvalue weighted by Crippen LogP contribution is -2.43. The average Bonchev–Trinajstić information content (AvgIpc) is 2.35. The minimum Gasteiger partial charge on any atom is -0.449 e. The predicted octanol–water partition coefficient (Wildman–Crippen LogP) is 0.999. The van der Waals surface area contributed by atoms with Crippen LogP contribution >= 0.6 is 0 Å². The fourth-order valence-corrected chi connectivity index (χ4v) is 1.95. The highest BCUT2D eigenvalue weighted by atomic mass is 16.6. The summed E-state index contributed by atoms with van der Waals surface area (Å²) in [4.78, 5) is 17.5. The molecule has 17 heavy (non-hydrogen) atoms. The van der Waals surface area contributed by atoms with Gasteiger partial charge in [0.1, 0.15) is 0 Å². The number of pyridine rings is 1. The molecule has 1 atom stereocenters. The van der Waals surface area contributed by atoms with E-state index in [1.807, 2.05) is 18.2 Å². The minimum atomic E-state index is -0.260. The summed E-state index contributed by atoms with van der Waals surface area (Å²) in [6.45, 7) is 2.31. The van der Waals surface area contributed by atoms with Crippen LogP contribution in [0.5, 0.6) is 0 Å². The first-order chi connectivity index (χ1) is 8.29. The molecule has 1 amide bonds. The zero-order valence-corrected chi connectivity index (χ0v) is 9.71. The van der Waals surface area contributed by atoms with E-state index in [9.17, 15) is 4.79 Å². The molecule has 0 aromatic carbocycles. The number of rotatable bonds is 4. The van der Waals surface area contributed by atoms with E-state index >= 15 is 0 Å². The molecule has 1 saturated heterocycles. The van der Waals surface area contributed by atoms with Crippen molar-refractivity contribution in [3.63, 3.8) is 0 Å². The number of hydrogen-bond acceptors (Lipinski definition) is 4. The van der Waals surface area contributed by atoms with Gasteiger partial charge >= 0.3 is 6.09 Å². The van der Waals surface area contributed by atoms with Gasteiger partial charge in [-0.15, -0.1) is 0 Å². The maximum Gasteiger partial charge on any atom is 0.410 e. The van der Waals surface area contributed by atoms with Crippen molar-refractivity contribution in [2.45, 2.75) is 13.0 Å². The summed E-state index contributed by atoms with van der Waals surface area (Å²) in [5, 5.41) is 0. The molecule has 92 valence electrons. The Labute approximate surface area is 101 Å². The van der Waals surface area contributed by atoms with Gasteiger partial charge in [0.15, 0.2) is 0 Å². The molecule has 5 nitrogen and oxygen atoms in total. The molecular formula is C12H17N3O2. The molecule has 2 N–H and O–H groups in total. The minimum absolute atomic E-state index is 0.260. The third-order valence-corrected chi connectivity index (χ3v) is 2.83. The number of hydrogen-bond donors (Lipinski definition) is 1. The maximum atomic E-state index is 11.6. The van der Waals surface area contributed by atoms with Crippen LogP contribution in [0.4, 0.5) is 4.79 Å². The fraction of sp³-hybridized carbons (Fsp3) is 0.500. The Balaban J connectivity index is 1.96. The highest BCUT2D eigenvalue weighted by Gasteiger charge is 2.26. The second-order valence-corrected chi connectivity index (χ2v) is 4.22. The van der Waals surface area contributed by atoms with Gasteiger partial charge in [0.25, 0.3) is 0 Å². The maximum absolute atomic E-state index is 11.6. The van der Waals surface area contributed by atoms with Gasteiger partial charge in [0, 0.05) is 18.7 Å². The van der Waals surface area contributed by atoms with E-state index < -0.39 is 0 Å². The van der Waals surface area contributed by atoms with Crippen LogP contribution in [0.15, 0.2) is 24.4 Å². The van der Waals surface area contributed by atoms with Gasteiger partial charge in [0.05, 0.1) is 18.8 Å². The van der Waals surface area contributed by atoms with Gasteiger partial charge in [-0.1, -0.05) is 6.07 Å². The summed E-state index contributed by atoms with van der Waals surface area (Å²) >= 11 is 0. The topological polar surface area (TPSA) is 68.5 Å². The van der Waals surface area contributed by atoms with Crippen LogP contribution in [-0.2, 0) is 11.3 Å². The van der Waals surface area contributed by atoms with Crippen LogP contribution < -0.4 is 5.73 Å². The fourth-order valence-electron chi connectivity index (χ4n) is 1.95. The molecule has 2 rings (SSSR count). The normalized spacial score (nSPS) is 20.2. The highest BCUT2D eigenvalue weighted by molar-refractivity contribution is 5.68. The molecule has 1 fully saturated rings. The van der Waals surface area contributed by atoms with Gasteiger partial charge in [-0.3, -0.25) is 4.98 Å². The van der Waals surface area contributed by atoms with Crippen LogP contribution in [0.25, 0.3) is 0 Å². The Morgan fingerprint density at radius 3 is 3.12 bits per heavy atom. The number of ether oxygens (including phenoxy) is 1. The smallest absolute Gasteiger partial charge is 0.410 e. The summed E-state index contributed by atoms with van der Waals surface area (Å²) in [5.74, 6) is 0.335. The molecule has 1 aromatic rings. The van der Waals surface area contributed by atoms with Gasteiger partial charge in [0.2, 0.25) is 0 Å². The Morgan fingerprint density at radius 1 is 1.53 bits per heavy atom. The molecule has 0 saturated carbocycles. The molecule has 2 heterocycles. The number of cyclic esters (lactones) is 1. The van der Waals surface area contributed by atoms with E-state index in [0.29, 0.717) is 32.2 Å². The Bertz CT molecular complexity index is 369. The van der Waals surface area contributed by atoms with Crippen LogP contribution in [0.2, 0.25) is 0 Å². The van der Waals surface area contributed by atoms with Crippen molar-refractivity contribution in [3.8, 4) is 0 Å². The third-order valence-electron chi connectivity index (χ3n) is 2.83. The molecule has 0 bridgehead atoms. The van der Waals surface area contributed by atoms with Crippen LogP contribution in [0, 0.1) is 5.92 Å². The lowest BCUT2D eigenvalue weighted by molar-refractivity contribution is 0.0380. The SMILES string of the molecule is NCCC1COC(=O)N(Cc2ccccn2)C1. The molecule has 1 aliphatic rings. The Kier molecular flexibility index (Phi) is 3.93. The van der Waals surface area contributed by atoms with Crippen molar-refractivity contribution < 1.29 is 9.53 Å². The van der Waals surface area contributed by atoms with Gasteiger partial charge < -0.3 is 15.4 Å². The molecule has 1 aromatic heterocycles. The molecule has 5 heteroatoms. The van der Waals surface area contributed by atoms with Crippen molar-refractivity contribution in [2.75, 3.05) is 19.7 Å². The zero-order valence-electron chi connectivity index (χ0n) is 9.71. The van der Waals surface area contributed by atoms with E-state index in [0.717, 1.165) is 12.1 Å². The second-order valence-electron chi connectivity index (χ2n) is 4.22. The molecule has 1 unspecified atom stereocenters. The summed E-state index contributed by atoms with van der Waals surface area (Å²) in [6.07, 6.45) is 2.34. The Hall–Kier alpha value is -1.62. The van der Waals surface area contributed by atoms with Crippen molar-refractivity contribution in [1.82, 2.24) is 9.88 Å². The van der Waals surface area contributed by atoms with Crippen molar-refractivity contribution >= 4 is 6.09 Å². The van der Waals surface area contributed by atoms with Crippen molar-refractivity contribution in [2.24, 2.45) is 11.7 Å². The number of aromatic nitrogens is 1. The third kappa shape index (κ3) is 3.17. The highest BCUT2D eigenvalue weighted by Crippen LogP contribution is 2.16.